The van der Waals surface area contributed by atoms with Crippen LogP contribution in [0.2, 0.25) is 0 Å². The van der Waals surface area contributed by atoms with Gasteiger partial charge in [0, 0.05) is 18.7 Å². The Labute approximate surface area is 182 Å². The fraction of sp³-hybridized carbons (Fsp3) is 0.158. The summed E-state index contributed by atoms with van der Waals surface area (Å²) in [6.07, 6.45) is -2.03. The van der Waals surface area contributed by atoms with Gasteiger partial charge in [-0.2, -0.15) is 13.2 Å². The third-order valence-corrected chi connectivity index (χ3v) is 4.67. The minimum atomic E-state index is -4.73. The molecule has 0 saturated carbocycles. The van der Waals surface area contributed by atoms with Crippen LogP contribution < -0.4 is 16.6 Å². The predicted molar refractivity (Wildman–Crippen MR) is 109 cm³/mol. The number of fused-ring (bicyclic) bond motifs is 1. The summed E-state index contributed by atoms with van der Waals surface area (Å²) in [6, 6.07) is 4.41. The van der Waals surface area contributed by atoms with Gasteiger partial charge in [-0.05, 0) is 6.07 Å². The number of nitrogen functional groups attached to an aromatic ring is 1. The van der Waals surface area contributed by atoms with E-state index in [1.54, 1.807) is 4.57 Å². The van der Waals surface area contributed by atoms with E-state index in [0.29, 0.717) is 11.2 Å². The highest BCUT2D eigenvalue weighted by Crippen LogP contribution is 2.35. The number of nitrogens with two attached hydrogens (primary N) is 1. The van der Waals surface area contributed by atoms with Crippen LogP contribution in [0.15, 0.2) is 41.7 Å². The van der Waals surface area contributed by atoms with Crippen LogP contribution in [-0.2, 0) is 12.7 Å². The number of imidazole rings is 1. The number of nitrogens with zero attached hydrogens (tertiary/aromatic N) is 5. The van der Waals surface area contributed by atoms with Crippen LogP contribution in [0.25, 0.3) is 22.6 Å². The van der Waals surface area contributed by atoms with E-state index in [1.165, 1.54) is 24.8 Å². The van der Waals surface area contributed by atoms with Gasteiger partial charge in [-0.3, -0.25) is 9.59 Å². The van der Waals surface area contributed by atoms with E-state index in [2.05, 4.69) is 30.2 Å². The highest BCUT2D eigenvalue weighted by atomic mass is 19.4. The quantitative estimate of drug-likeness (QED) is 0.346. The van der Waals surface area contributed by atoms with E-state index < -0.39 is 46.0 Å². The number of nitrogens with one attached hydrogen (secondary N) is 2. The zero-order valence-electron chi connectivity index (χ0n) is 16.6. The lowest BCUT2D eigenvalue weighted by Gasteiger charge is -2.13. The van der Waals surface area contributed by atoms with Crippen molar-refractivity contribution in [2.24, 2.45) is 0 Å². The number of anilines is 1. The summed E-state index contributed by atoms with van der Waals surface area (Å²) in [5.74, 6) is -2.30. The molecule has 4 rings (SSSR count). The first-order valence-corrected chi connectivity index (χ1v) is 9.36. The zero-order chi connectivity index (χ0) is 23.8. The SMILES string of the molecule is Nc1ncnc2c1ncn2CCNC(=O)c1nc(-c2ccccc2C(F)(F)F)[nH]c(=O)c1O. The number of benzene rings is 1. The summed E-state index contributed by atoms with van der Waals surface area (Å²) in [5.41, 5.74) is 3.15. The highest BCUT2D eigenvalue weighted by Gasteiger charge is 2.34. The Hall–Kier alpha value is -4.49. The summed E-state index contributed by atoms with van der Waals surface area (Å²) in [7, 11) is 0. The molecule has 0 aliphatic carbocycles. The van der Waals surface area contributed by atoms with Crippen molar-refractivity contribution in [3.05, 3.63) is 58.5 Å². The van der Waals surface area contributed by atoms with E-state index in [9.17, 15) is 27.9 Å². The monoisotopic (exact) mass is 460 g/mol. The Morgan fingerprint density at radius 3 is 2.73 bits per heavy atom. The predicted octanol–water partition coefficient (Wildman–Crippen LogP) is 1.31. The minimum absolute atomic E-state index is 0.00338. The number of aromatic hydroxyl groups is 1. The molecule has 3 heterocycles. The molecule has 0 atom stereocenters. The molecule has 0 bridgehead atoms. The molecule has 170 valence electrons. The molecular weight excluding hydrogens is 445 g/mol. The smallest absolute Gasteiger partial charge is 0.417 e. The molecule has 3 aromatic heterocycles. The van der Waals surface area contributed by atoms with Gasteiger partial charge in [-0.25, -0.2) is 19.9 Å². The van der Waals surface area contributed by atoms with E-state index in [0.717, 1.165) is 12.1 Å². The Bertz CT molecular complexity index is 1410. The third kappa shape index (κ3) is 4.17. The maximum Gasteiger partial charge on any atom is 0.417 e. The topological polar surface area (TPSA) is 165 Å². The number of aromatic nitrogens is 6. The molecule has 11 nitrogen and oxygen atoms in total. The van der Waals surface area contributed by atoms with Gasteiger partial charge in [0.2, 0.25) is 5.75 Å². The van der Waals surface area contributed by atoms with Crippen molar-refractivity contribution in [2.45, 2.75) is 12.7 Å². The molecule has 0 fully saturated rings. The molecule has 0 spiro atoms. The largest absolute Gasteiger partial charge is 0.501 e. The van der Waals surface area contributed by atoms with Crippen LogP contribution in [0.3, 0.4) is 0 Å². The number of halogens is 3. The van der Waals surface area contributed by atoms with E-state index in [-0.39, 0.29) is 18.9 Å². The first-order valence-electron chi connectivity index (χ1n) is 9.36. The summed E-state index contributed by atoms with van der Waals surface area (Å²) in [4.78, 5) is 42.5. The van der Waals surface area contributed by atoms with Crippen molar-refractivity contribution in [1.82, 2.24) is 34.8 Å². The van der Waals surface area contributed by atoms with Crippen LogP contribution in [0, 0.1) is 0 Å². The molecule has 14 heteroatoms. The molecule has 33 heavy (non-hydrogen) atoms. The molecule has 0 radical (unpaired) electrons. The number of alkyl halides is 3. The van der Waals surface area contributed by atoms with Gasteiger partial charge < -0.3 is 25.7 Å². The molecule has 4 aromatic rings. The Morgan fingerprint density at radius 2 is 1.97 bits per heavy atom. The Balaban J connectivity index is 1.58. The molecule has 1 aromatic carbocycles. The van der Waals surface area contributed by atoms with Gasteiger partial charge in [0.25, 0.3) is 11.5 Å². The standard InChI is InChI=1S/C19H15F3N8O3/c20-19(21,22)10-4-2-1-3-9(10)15-28-11(13(31)18(33)29-15)17(32)24-5-6-30-8-27-12-14(23)25-7-26-16(12)30/h1-4,7-8,31H,5-6H2,(H,24,32)(H2,23,25,26)(H,28,29,33). The normalized spacial score (nSPS) is 11.6. The molecule has 5 N–H and O–H groups in total. The number of carbonyl (C=O) groups is 1. The first kappa shape index (κ1) is 21.7. The van der Waals surface area contributed by atoms with E-state index in [1.807, 2.05) is 0 Å². The van der Waals surface area contributed by atoms with E-state index >= 15 is 0 Å². The summed E-state index contributed by atoms with van der Waals surface area (Å²) in [5, 5.41) is 12.4. The van der Waals surface area contributed by atoms with Crippen molar-refractivity contribution >= 4 is 22.9 Å². The first-order chi connectivity index (χ1) is 15.7. The minimum Gasteiger partial charge on any atom is -0.501 e. The van der Waals surface area contributed by atoms with Gasteiger partial charge in [0.1, 0.15) is 17.7 Å². The van der Waals surface area contributed by atoms with Crippen molar-refractivity contribution in [3.63, 3.8) is 0 Å². The summed E-state index contributed by atoms with van der Waals surface area (Å²) < 4.78 is 41.6. The van der Waals surface area contributed by atoms with Gasteiger partial charge >= 0.3 is 6.18 Å². The van der Waals surface area contributed by atoms with Crippen LogP contribution >= 0.6 is 0 Å². The average Bonchev–Trinajstić information content (AvgIpc) is 3.19. The molecule has 1 amide bonds. The fourth-order valence-corrected chi connectivity index (χ4v) is 3.13. The number of hydrogen-bond acceptors (Lipinski definition) is 8. The lowest BCUT2D eigenvalue weighted by Crippen LogP contribution is -2.29. The van der Waals surface area contributed by atoms with Crippen molar-refractivity contribution < 1.29 is 23.1 Å². The second-order valence-corrected chi connectivity index (χ2v) is 6.78. The zero-order valence-corrected chi connectivity index (χ0v) is 16.6. The third-order valence-electron chi connectivity index (χ3n) is 4.67. The van der Waals surface area contributed by atoms with E-state index in [4.69, 9.17) is 5.73 Å². The molecule has 0 aliphatic heterocycles. The number of H-pyrrole nitrogens is 1. The summed E-state index contributed by atoms with van der Waals surface area (Å²) in [6.45, 7) is 0.184. The van der Waals surface area contributed by atoms with Crippen molar-refractivity contribution in [1.29, 1.82) is 0 Å². The van der Waals surface area contributed by atoms with Gasteiger partial charge in [-0.15, -0.1) is 0 Å². The number of amides is 1. The van der Waals surface area contributed by atoms with Crippen LogP contribution in [0.4, 0.5) is 19.0 Å². The number of carbonyl (C=O) groups excluding carboxylic acids is 1. The lowest BCUT2D eigenvalue weighted by molar-refractivity contribution is -0.137. The van der Waals surface area contributed by atoms with Crippen LogP contribution in [-0.4, -0.2) is 47.0 Å². The average molecular weight is 460 g/mol. The highest BCUT2D eigenvalue weighted by molar-refractivity contribution is 5.95. The summed E-state index contributed by atoms with van der Waals surface area (Å²) >= 11 is 0. The molecule has 0 unspecified atom stereocenters. The maximum atomic E-state index is 13.3. The van der Waals surface area contributed by atoms with Crippen molar-refractivity contribution in [3.8, 4) is 17.1 Å². The molecule has 0 aliphatic rings. The van der Waals surface area contributed by atoms with Gasteiger partial charge in [-0.1, -0.05) is 18.2 Å². The van der Waals surface area contributed by atoms with Gasteiger partial charge in [0.05, 0.1) is 11.9 Å². The molecular formula is C19H15F3N8O3. The van der Waals surface area contributed by atoms with Gasteiger partial charge in [0.15, 0.2) is 17.2 Å². The second kappa shape index (κ2) is 8.22. The lowest BCUT2D eigenvalue weighted by atomic mass is 10.1. The van der Waals surface area contributed by atoms with Crippen LogP contribution in [0.5, 0.6) is 5.75 Å². The fourth-order valence-electron chi connectivity index (χ4n) is 3.13. The Kier molecular flexibility index (Phi) is 5.41. The Morgan fingerprint density at radius 1 is 1.21 bits per heavy atom. The molecule has 0 saturated heterocycles. The second-order valence-electron chi connectivity index (χ2n) is 6.78. The maximum absolute atomic E-state index is 13.3. The number of rotatable bonds is 5. The van der Waals surface area contributed by atoms with Crippen LogP contribution in [0.1, 0.15) is 16.1 Å². The number of aromatic amines is 1. The van der Waals surface area contributed by atoms with Crippen molar-refractivity contribution in [2.75, 3.05) is 12.3 Å². The number of hydrogen-bond donors (Lipinski definition) is 4.